The third-order valence-corrected chi connectivity index (χ3v) is 3.02. The van der Waals surface area contributed by atoms with E-state index in [1.807, 2.05) is 18.2 Å². The largest absolute Gasteiger partial charge is 0.493 e. The number of ether oxygens (including phenoxy) is 2. The highest BCUT2D eigenvalue weighted by Gasteiger charge is 2.10. The van der Waals surface area contributed by atoms with E-state index in [1.165, 1.54) is 24.3 Å². The van der Waals surface area contributed by atoms with Crippen molar-refractivity contribution in [2.24, 2.45) is 0 Å². The number of hydrogen-bond acceptors (Lipinski definition) is 6. The Balaban J connectivity index is 1.69. The number of non-ortho nitro benzene ring substituents is 1. The van der Waals surface area contributed by atoms with Gasteiger partial charge in [0.1, 0.15) is 5.75 Å². The van der Waals surface area contributed by atoms with Gasteiger partial charge < -0.3 is 14.8 Å². The Kier molecular flexibility index (Phi) is 6.47. The van der Waals surface area contributed by atoms with Crippen LogP contribution < -0.4 is 10.1 Å². The lowest BCUT2D eigenvalue weighted by Gasteiger charge is -2.07. The number of rotatable bonds is 8. The van der Waals surface area contributed by atoms with E-state index in [4.69, 9.17) is 9.47 Å². The highest BCUT2D eigenvalue weighted by Crippen LogP contribution is 2.16. The van der Waals surface area contributed by atoms with Crippen LogP contribution in [0, 0.1) is 10.1 Å². The Hall–Kier alpha value is -3.42. The molecule has 2 aromatic carbocycles. The van der Waals surface area contributed by atoms with Gasteiger partial charge in [0.05, 0.1) is 18.0 Å². The van der Waals surface area contributed by atoms with E-state index >= 15 is 0 Å². The average Bonchev–Trinajstić information content (AvgIpc) is 2.61. The summed E-state index contributed by atoms with van der Waals surface area (Å²) in [7, 11) is 0. The van der Waals surface area contributed by atoms with Crippen LogP contribution in [0.4, 0.5) is 11.4 Å². The number of benzene rings is 2. The standard InChI is InChI=1S/C17H16N2O6/c20-16(18-13-5-4-6-14(11-13)19(22)23)12-25-17(21)9-10-24-15-7-2-1-3-8-15/h1-8,11H,9-10,12H2,(H,18,20). The van der Waals surface area contributed by atoms with Crippen LogP contribution in [0.2, 0.25) is 0 Å². The molecule has 2 rings (SSSR count). The zero-order chi connectivity index (χ0) is 18.1. The van der Waals surface area contributed by atoms with E-state index in [0.29, 0.717) is 5.75 Å². The predicted molar refractivity (Wildman–Crippen MR) is 89.2 cm³/mol. The molecule has 8 nitrogen and oxygen atoms in total. The van der Waals surface area contributed by atoms with Crippen molar-refractivity contribution in [2.45, 2.75) is 6.42 Å². The summed E-state index contributed by atoms with van der Waals surface area (Å²) >= 11 is 0. The number of nitrogens with one attached hydrogen (secondary N) is 1. The van der Waals surface area contributed by atoms with Crippen molar-refractivity contribution in [3.05, 3.63) is 64.7 Å². The smallest absolute Gasteiger partial charge is 0.309 e. The van der Waals surface area contributed by atoms with Gasteiger partial charge in [-0.25, -0.2) is 0 Å². The molecule has 0 aliphatic carbocycles. The fourth-order valence-corrected chi connectivity index (χ4v) is 1.88. The second-order valence-corrected chi connectivity index (χ2v) is 4.93. The molecule has 0 heterocycles. The van der Waals surface area contributed by atoms with E-state index in [9.17, 15) is 19.7 Å². The van der Waals surface area contributed by atoms with Crippen molar-refractivity contribution in [3.8, 4) is 5.75 Å². The summed E-state index contributed by atoms with van der Waals surface area (Å²) < 4.78 is 10.2. The molecule has 0 aliphatic rings. The Labute approximate surface area is 143 Å². The third kappa shape index (κ3) is 6.30. The Morgan fingerprint density at radius 1 is 1.08 bits per heavy atom. The van der Waals surface area contributed by atoms with Gasteiger partial charge >= 0.3 is 5.97 Å². The fraction of sp³-hybridized carbons (Fsp3) is 0.176. The Bertz CT molecular complexity index is 748. The number of nitro benzene ring substituents is 1. The van der Waals surface area contributed by atoms with E-state index < -0.39 is 23.4 Å². The van der Waals surface area contributed by atoms with E-state index in [1.54, 1.807) is 12.1 Å². The number of nitrogens with zero attached hydrogens (tertiary/aromatic N) is 1. The summed E-state index contributed by atoms with van der Waals surface area (Å²) in [5.74, 6) is -0.526. The highest BCUT2D eigenvalue weighted by molar-refractivity contribution is 5.93. The number of anilines is 1. The van der Waals surface area contributed by atoms with Gasteiger partial charge in [-0.15, -0.1) is 0 Å². The first-order valence-electron chi connectivity index (χ1n) is 7.42. The van der Waals surface area contributed by atoms with Crippen molar-refractivity contribution < 1.29 is 24.0 Å². The van der Waals surface area contributed by atoms with Crippen LogP contribution in [-0.2, 0) is 14.3 Å². The Morgan fingerprint density at radius 2 is 1.84 bits per heavy atom. The topological polar surface area (TPSA) is 108 Å². The summed E-state index contributed by atoms with van der Waals surface area (Å²) in [4.78, 5) is 33.4. The summed E-state index contributed by atoms with van der Waals surface area (Å²) in [5, 5.41) is 13.1. The number of nitro groups is 1. The zero-order valence-corrected chi connectivity index (χ0v) is 13.2. The van der Waals surface area contributed by atoms with Crippen molar-refractivity contribution >= 4 is 23.3 Å². The first-order chi connectivity index (χ1) is 12.0. The maximum Gasteiger partial charge on any atom is 0.309 e. The third-order valence-electron chi connectivity index (χ3n) is 3.02. The molecule has 0 saturated heterocycles. The van der Waals surface area contributed by atoms with Crippen LogP contribution >= 0.6 is 0 Å². The predicted octanol–water partition coefficient (Wildman–Crippen LogP) is 2.55. The summed E-state index contributed by atoms with van der Waals surface area (Å²) in [5.41, 5.74) is 0.107. The summed E-state index contributed by atoms with van der Waals surface area (Å²) in [6.07, 6.45) is -0.00101. The van der Waals surface area contributed by atoms with Crippen molar-refractivity contribution in [1.29, 1.82) is 0 Å². The molecule has 0 atom stereocenters. The molecule has 1 N–H and O–H groups in total. The van der Waals surface area contributed by atoms with Crippen LogP contribution in [-0.4, -0.2) is 30.0 Å². The number of para-hydroxylation sites is 1. The minimum atomic E-state index is -0.585. The molecular formula is C17H16N2O6. The molecule has 0 fully saturated rings. The molecule has 0 unspecified atom stereocenters. The number of hydrogen-bond donors (Lipinski definition) is 1. The Morgan fingerprint density at radius 3 is 2.56 bits per heavy atom. The lowest BCUT2D eigenvalue weighted by molar-refractivity contribution is -0.384. The van der Waals surface area contributed by atoms with Gasteiger partial charge in [-0.05, 0) is 18.2 Å². The second kappa shape index (κ2) is 9.02. The molecule has 0 aromatic heterocycles. The van der Waals surface area contributed by atoms with Gasteiger partial charge in [-0.1, -0.05) is 24.3 Å². The molecule has 0 radical (unpaired) electrons. The van der Waals surface area contributed by atoms with Crippen LogP contribution in [0.25, 0.3) is 0 Å². The van der Waals surface area contributed by atoms with E-state index in [2.05, 4.69) is 5.32 Å². The molecule has 0 spiro atoms. The minimum Gasteiger partial charge on any atom is -0.493 e. The van der Waals surface area contributed by atoms with Gasteiger partial charge in [-0.2, -0.15) is 0 Å². The maximum absolute atomic E-state index is 11.7. The first-order valence-corrected chi connectivity index (χ1v) is 7.42. The van der Waals surface area contributed by atoms with Crippen molar-refractivity contribution in [2.75, 3.05) is 18.5 Å². The maximum atomic E-state index is 11.7. The highest BCUT2D eigenvalue weighted by atomic mass is 16.6. The van der Waals surface area contributed by atoms with Crippen LogP contribution in [0.3, 0.4) is 0 Å². The van der Waals surface area contributed by atoms with Crippen molar-refractivity contribution in [1.82, 2.24) is 0 Å². The lowest BCUT2D eigenvalue weighted by atomic mass is 10.3. The van der Waals surface area contributed by atoms with Gasteiger partial charge in [0.25, 0.3) is 11.6 Å². The lowest BCUT2D eigenvalue weighted by Crippen LogP contribution is -2.21. The number of esters is 1. The van der Waals surface area contributed by atoms with E-state index in [-0.39, 0.29) is 24.4 Å². The number of carbonyl (C=O) groups excluding carboxylic acids is 2. The molecule has 25 heavy (non-hydrogen) atoms. The zero-order valence-electron chi connectivity index (χ0n) is 13.2. The van der Waals surface area contributed by atoms with Crippen LogP contribution in [0.1, 0.15) is 6.42 Å². The van der Waals surface area contributed by atoms with Gasteiger partial charge in [0.15, 0.2) is 6.61 Å². The van der Waals surface area contributed by atoms with Gasteiger partial charge in [-0.3, -0.25) is 19.7 Å². The molecule has 0 saturated carbocycles. The summed E-state index contributed by atoms with van der Waals surface area (Å²) in [6.45, 7) is -0.345. The number of carbonyl (C=O) groups is 2. The molecule has 0 aliphatic heterocycles. The van der Waals surface area contributed by atoms with E-state index in [0.717, 1.165) is 0 Å². The molecule has 2 aromatic rings. The number of amides is 1. The second-order valence-electron chi connectivity index (χ2n) is 4.93. The quantitative estimate of drug-likeness (QED) is 0.448. The van der Waals surface area contributed by atoms with Gasteiger partial charge in [0.2, 0.25) is 0 Å². The summed E-state index contributed by atoms with van der Waals surface area (Å²) in [6, 6.07) is 14.5. The normalized spacial score (nSPS) is 9.92. The molecule has 130 valence electrons. The van der Waals surface area contributed by atoms with Crippen LogP contribution in [0.15, 0.2) is 54.6 Å². The van der Waals surface area contributed by atoms with Crippen LogP contribution in [0.5, 0.6) is 5.75 Å². The first kappa shape index (κ1) is 17.9. The average molecular weight is 344 g/mol. The monoisotopic (exact) mass is 344 g/mol. The molecule has 8 heteroatoms. The minimum absolute atomic E-state index is 0.00101. The van der Waals surface area contributed by atoms with Crippen molar-refractivity contribution in [3.63, 3.8) is 0 Å². The molecular weight excluding hydrogens is 328 g/mol. The SMILES string of the molecule is O=C(COC(=O)CCOc1ccccc1)Nc1cccc([N+](=O)[O-])c1. The molecule has 0 bridgehead atoms. The fourth-order valence-electron chi connectivity index (χ4n) is 1.88. The molecule has 1 amide bonds. The van der Waals surface area contributed by atoms with Gasteiger partial charge in [0, 0.05) is 17.8 Å².